The molecule has 4 nitrogen and oxygen atoms in total. The molecule has 4 heteroatoms. The van der Waals surface area contributed by atoms with Gasteiger partial charge in [-0.2, -0.15) is 0 Å². The van der Waals surface area contributed by atoms with Gasteiger partial charge in [-0.15, -0.1) is 0 Å². The normalized spacial score (nSPS) is 12.5. The lowest BCUT2D eigenvalue weighted by atomic mass is 9.70. The number of aryl methyl sites for hydroxylation is 2. The van der Waals surface area contributed by atoms with E-state index in [0.29, 0.717) is 18.6 Å². The maximum Gasteiger partial charge on any atom is 0.311 e. The first-order chi connectivity index (χ1) is 19.3. The van der Waals surface area contributed by atoms with E-state index in [1.807, 2.05) is 25.1 Å². The third-order valence-corrected chi connectivity index (χ3v) is 7.96. The zero-order valence-corrected chi connectivity index (χ0v) is 25.1. The number of methoxy groups -OCH3 is 1. The van der Waals surface area contributed by atoms with E-state index < -0.39 is 0 Å². The Kier molecular flexibility index (Phi) is 12.0. The first-order valence-electron chi connectivity index (χ1n) is 14.8. The molecule has 0 aliphatic carbocycles. The van der Waals surface area contributed by atoms with Crippen molar-refractivity contribution in [2.24, 2.45) is 0 Å². The lowest BCUT2D eigenvalue weighted by molar-refractivity contribution is -0.134. The van der Waals surface area contributed by atoms with Crippen LogP contribution >= 0.6 is 0 Å². The third-order valence-electron chi connectivity index (χ3n) is 7.96. The van der Waals surface area contributed by atoms with Crippen LogP contribution in [0, 0.1) is 13.8 Å². The number of hydrogen-bond donors (Lipinski definition) is 0. The van der Waals surface area contributed by atoms with Crippen LogP contribution in [-0.2, 0) is 15.0 Å². The highest BCUT2D eigenvalue weighted by molar-refractivity contribution is 5.75. The Balaban J connectivity index is 1.60. The minimum Gasteiger partial charge on any atom is -0.496 e. The number of ketones is 1. The molecule has 1 unspecified atom stereocenters. The second-order valence-electron chi connectivity index (χ2n) is 11.2. The fourth-order valence-electron chi connectivity index (χ4n) is 5.41. The highest BCUT2D eigenvalue weighted by atomic mass is 16.5. The van der Waals surface area contributed by atoms with E-state index in [4.69, 9.17) is 9.47 Å². The molecule has 0 fully saturated rings. The monoisotopic (exact) mass is 542 g/mol. The van der Waals surface area contributed by atoms with Crippen LogP contribution in [0.3, 0.4) is 0 Å². The molecule has 0 saturated heterocycles. The standard InChI is InChI=1S/C36H46O4/c1-27-25-31(21-23-33(27)39-5)36(4,30-18-14-12-15-19-30)32-22-24-34(28(2)26-32)40-35(38)20-16-11-9-7-6-8-10-13-17-29(3)37/h12,14-15,18-19,21-26H,6-11,13,16-17,20H2,1-5H3. The fraction of sp³-hybridized carbons (Fsp3) is 0.444. The summed E-state index contributed by atoms with van der Waals surface area (Å²) in [7, 11) is 1.70. The van der Waals surface area contributed by atoms with Gasteiger partial charge in [0, 0.05) is 18.3 Å². The van der Waals surface area contributed by atoms with E-state index in [1.54, 1.807) is 14.0 Å². The molecule has 0 amide bonds. The van der Waals surface area contributed by atoms with Crippen molar-refractivity contribution < 1.29 is 19.1 Å². The number of carbonyl (C=O) groups is 2. The molecule has 3 aromatic carbocycles. The van der Waals surface area contributed by atoms with E-state index in [1.165, 1.54) is 30.4 Å². The van der Waals surface area contributed by atoms with Gasteiger partial charge in [-0.25, -0.2) is 0 Å². The smallest absolute Gasteiger partial charge is 0.311 e. The minimum atomic E-state index is -0.390. The summed E-state index contributed by atoms with van der Waals surface area (Å²) in [5.74, 6) is 1.61. The zero-order valence-electron chi connectivity index (χ0n) is 25.1. The Bertz CT molecular complexity index is 1250. The predicted molar refractivity (Wildman–Crippen MR) is 163 cm³/mol. The fourth-order valence-corrected chi connectivity index (χ4v) is 5.41. The number of carbonyl (C=O) groups excluding carboxylic acids is 2. The first kappa shape index (κ1) is 31.1. The van der Waals surface area contributed by atoms with Crippen LogP contribution in [0.2, 0.25) is 0 Å². The molecule has 0 aliphatic rings. The molecule has 0 aromatic heterocycles. The van der Waals surface area contributed by atoms with Crippen molar-refractivity contribution in [3.63, 3.8) is 0 Å². The number of benzene rings is 3. The Morgan fingerprint density at radius 3 is 1.65 bits per heavy atom. The van der Waals surface area contributed by atoms with Crippen molar-refractivity contribution in [3.8, 4) is 11.5 Å². The van der Waals surface area contributed by atoms with Crippen molar-refractivity contribution in [2.75, 3.05) is 7.11 Å². The lowest BCUT2D eigenvalue weighted by Gasteiger charge is -2.33. The minimum absolute atomic E-state index is 0.170. The largest absolute Gasteiger partial charge is 0.496 e. The number of hydrogen-bond acceptors (Lipinski definition) is 4. The van der Waals surface area contributed by atoms with Crippen molar-refractivity contribution >= 4 is 11.8 Å². The number of unbranched alkanes of at least 4 members (excludes halogenated alkanes) is 7. The lowest BCUT2D eigenvalue weighted by Crippen LogP contribution is -2.25. The molecule has 0 aliphatic heterocycles. The molecular formula is C36H46O4. The molecule has 0 N–H and O–H groups in total. The van der Waals surface area contributed by atoms with Crippen molar-refractivity contribution in [2.45, 2.75) is 97.3 Å². The summed E-state index contributed by atoms with van der Waals surface area (Å²) in [5.41, 5.74) is 5.16. The maximum atomic E-state index is 12.6. The summed E-state index contributed by atoms with van der Waals surface area (Å²) in [6, 6.07) is 23.0. The Labute approximate surface area is 241 Å². The third kappa shape index (κ3) is 8.55. The maximum absolute atomic E-state index is 12.6. The summed E-state index contributed by atoms with van der Waals surface area (Å²) >= 11 is 0. The molecule has 0 bridgehead atoms. The second kappa shape index (κ2) is 15.4. The van der Waals surface area contributed by atoms with Gasteiger partial charge in [-0.1, -0.05) is 93.1 Å². The molecule has 0 spiro atoms. The van der Waals surface area contributed by atoms with Gasteiger partial charge >= 0.3 is 5.97 Å². The van der Waals surface area contributed by atoms with Crippen LogP contribution in [0.4, 0.5) is 0 Å². The number of rotatable bonds is 16. The van der Waals surface area contributed by atoms with E-state index in [2.05, 4.69) is 62.4 Å². The molecule has 3 aromatic rings. The summed E-state index contributed by atoms with van der Waals surface area (Å²) in [5, 5.41) is 0. The summed E-state index contributed by atoms with van der Waals surface area (Å²) < 4.78 is 11.3. The average Bonchev–Trinajstić information content (AvgIpc) is 2.95. The van der Waals surface area contributed by atoms with Crippen LogP contribution in [0.15, 0.2) is 66.7 Å². The van der Waals surface area contributed by atoms with Crippen LogP contribution < -0.4 is 9.47 Å². The van der Waals surface area contributed by atoms with E-state index in [-0.39, 0.29) is 17.2 Å². The van der Waals surface area contributed by atoms with E-state index in [0.717, 1.165) is 54.5 Å². The van der Waals surface area contributed by atoms with Gasteiger partial charge in [0.15, 0.2) is 0 Å². The first-order valence-corrected chi connectivity index (χ1v) is 14.8. The number of Topliss-reactive ketones (excluding diaryl/α,β-unsaturated/α-hetero) is 1. The molecule has 214 valence electrons. The molecule has 1 atom stereocenters. The van der Waals surface area contributed by atoms with Gasteiger partial charge in [0.05, 0.1) is 7.11 Å². The average molecular weight is 543 g/mol. The quantitative estimate of drug-likeness (QED) is 0.0784. The summed E-state index contributed by atoms with van der Waals surface area (Å²) in [6.45, 7) is 7.98. The molecule has 0 radical (unpaired) electrons. The summed E-state index contributed by atoms with van der Waals surface area (Å²) in [6.07, 6.45) is 9.88. The van der Waals surface area contributed by atoms with E-state index >= 15 is 0 Å². The van der Waals surface area contributed by atoms with Crippen LogP contribution in [0.1, 0.15) is 106 Å². The van der Waals surface area contributed by atoms with Gasteiger partial charge in [-0.3, -0.25) is 4.79 Å². The van der Waals surface area contributed by atoms with Gasteiger partial charge in [-0.05, 0) is 80.5 Å². The SMILES string of the molecule is COc1ccc(C(C)(c2ccccc2)c2ccc(OC(=O)CCCCCCCCCCC(C)=O)c(C)c2)cc1C. The van der Waals surface area contributed by atoms with Crippen molar-refractivity contribution in [1.82, 2.24) is 0 Å². The molecule has 0 heterocycles. The topological polar surface area (TPSA) is 52.6 Å². The Morgan fingerprint density at radius 1 is 0.650 bits per heavy atom. The van der Waals surface area contributed by atoms with Crippen LogP contribution in [0.5, 0.6) is 11.5 Å². The number of ether oxygens (including phenoxy) is 2. The predicted octanol–water partition coefficient (Wildman–Crippen LogP) is 9.06. The zero-order chi connectivity index (χ0) is 29.0. The van der Waals surface area contributed by atoms with E-state index in [9.17, 15) is 9.59 Å². The van der Waals surface area contributed by atoms with Crippen molar-refractivity contribution in [3.05, 3.63) is 94.5 Å². The van der Waals surface area contributed by atoms with Crippen molar-refractivity contribution in [1.29, 1.82) is 0 Å². The molecule has 0 saturated carbocycles. The van der Waals surface area contributed by atoms with Gasteiger partial charge in [0.1, 0.15) is 17.3 Å². The molecule has 40 heavy (non-hydrogen) atoms. The second-order valence-corrected chi connectivity index (χ2v) is 11.2. The Hall–Kier alpha value is -3.40. The van der Waals surface area contributed by atoms with Gasteiger partial charge < -0.3 is 14.3 Å². The van der Waals surface area contributed by atoms with Crippen LogP contribution in [-0.4, -0.2) is 18.9 Å². The van der Waals surface area contributed by atoms with Gasteiger partial charge in [0.2, 0.25) is 0 Å². The Morgan fingerprint density at radius 2 is 1.15 bits per heavy atom. The molecular weight excluding hydrogens is 496 g/mol. The highest BCUT2D eigenvalue weighted by Crippen LogP contribution is 2.41. The highest BCUT2D eigenvalue weighted by Gasteiger charge is 2.32. The number of esters is 1. The molecule has 3 rings (SSSR count). The summed E-state index contributed by atoms with van der Waals surface area (Å²) in [4.78, 5) is 23.6. The van der Waals surface area contributed by atoms with Crippen LogP contribution in [0.25, 0.3) is 0 Å². The van der Waals surface area contributed by atoms with Gasteiger partial charge in [0.25, 0.3) is 0 Å².